The fourth-order valence-corrected chi connectivity index (χ4v) is 1.79. The van der Waals surface area contributed by atoms with Crippen LogP contribution in [0.15, 0.2) is 43.0 Å². The topological polar surface area (TPSA) is 22.1 Å². The minimum Gasteiger partial charge on any atom is -0.497 e. The van der Waals surface area contributed by atoms with Crippen molar-refractivity contribution in [2.45, 2.75) is 0 Å². The van der Waals surface area contributed by atoms with Gasteiger partial charge in [-0.15, -0.1) is 0 Å². The Balaban J connectivity index is 2.44. The third kappa shape index (κ3) is 2.66. The summed E-state index contributed by atoms with van der Waals surface area (Å²) < 4.78 is 5.12. The van der Waals surface area contributed by atoms with Gasteiger partial charge in [0.2, 0.25) is 0 Å². The molecule has 1 aromatic carbocycles. The van der Waals surface area contributed by atoms with Gasteiger partial charge in [0, 0.05) is 0 Å². The molecule has 0 aliphatic carbocycles. The highest BCUT2D eigenvalue weighted by Crippen LogP contribution is 2.25. The summed E-state index contributed by atoms with van der Waals surface area (Å²) in [6.45, 7) is 3.69. The number of halogens is 1. The van der Waals surface area contributed by atoms with Gasteiger partial charge < -0.3 is 4.74 Å². The highest BCUT2D eigenvalue weighted by Gasteiger charge is 2.02. The van der Waals surface area contributed by atoms with Gasteiger partial charge in [0.1, 0.15) is 10.9 Å². The van der Waals surface area contributed by atoms with Crippen molar-refractivity contribution >= 4 is 17.7 Å². The van der Waals surface area contributed by atoms with Crippen LogP contribution in [0.5, 0.6) is 5.75 Å². The monoisotopic (exact) mass is 245 g/mol. The molecule has 2 nitrogen and oxygen atoms in total. The largest absolute Gasteiger partial charge is 0.497 e. The number of hydrogen-bond acceptors (Lipinski definition) is 2. The van der Waals surface area contributed by atoms with Gasteiger partial charge in [-0.05, 0) is 41.5 Å². The van der Waals surface area contributed by atoms with Gasteiger partial charge in [-0.3, -0.25) is 0 Å². The standard InChI is InChI=1S/C14H12ClNO/c1-3-12-8-11(9-14(15)16-12)10-4-6-13(17-2)7-5-10/h3-9H,1H2,2H3. The molecule has 1 heterocycles. The van der Waals surface area contributed by atoms with Crippen LogP contribution in [-0.4, -0.2) is 12.1 Å². The smallest absolute Gasteiger partial charge is 0.130 e. The Labute approximate surface area is 106 Å². The molecule has 0 aliphatic rings. The van der Waals surface area contributed by atoms with E-state index in [4.69, 9.17) is 16.3 Å². The second kappa shape index (κ2) is 5.02. The molecule has 0 radical (unpaired) electrons. The number of pyridine rings is 1. The van der Waals surface area contributed by atoms with Gasteiger partial charge in [-0.25, -0.2) is 4.98 Å². The Hall–Kier alpha value is -1.80. The summed E-state index contributed by atoms with van der Waals surface area (Å²) in [7, 11) is 1.65. The molecule has 2 aromatic rings. The van der Waals surface area contributed by atoms with Crippen LogP contribution in [0, 0.1) is 0 Å². The zero-order valence-electron chi connectivity index (χ0n) is 9.48. The van der Waals surface area contributed by atoms with E-state index < -0.39 is 0 Å². The Kier molecular flexibility index (Phi) is 3.45. The third-order valence-corrected chi connectivity index (χ3v) is 2.64. The van der Waals surface area contributed by atoms with E-state index in [1.165, 1.54) is 0 Å². The van der Waals surface area contributed by atoms with Crippen LogP contribution in [0.3, 0.4) is 0 Å². The molecule has 1 aromatic heterocycles. The average molecular weight is 246 g/mol. The lowest BCUT2D eigenvalue weighted by Crippen LogP contribution is -1.86. The first kappa shape index (κ1) is 11.7. The lowest BCUT2D eigenvalue weighted by Gasteiger charge is -2.05. The first-order chi connectivity index (χ1) is 8.22. The number of ether oxygens (including phenoxy) is 1. The second-order valence-corrected chi connectivity index (χ2v) is 3.92. The van der Waals surface area contributed by atoms with E-state index >= 15 is 0 Å². The molecule has 0 unspecified atom stereocenters. The molecule has 17 heavy (non-hydrogen) atoms. The maximum Gasteiger partial charge on any atom is 0.130 e. The maximum atomic E-state index is 5.95. The molecule has 86 valence electrons. The third-order valence-electron chi connectivity index (χ3n) is 2.45. The molecule has 0 saturated heterocycles. The Morgan fingerprint density at radius 3 is 2.47 bits per heavy atom. The van der Waals surface area contributed by atoms with Gasteiger partial charge in [0.05, 0.1) is 12.8 Å². The number of aromatic nitrogens is 1. The summed E-state index contributed by atoms with van der Waals surface area (Å²) in [4.78, 5) is 4.13. The van der Waals surface area contributed by atoms with Crippen molar-refractivity contribution in [3.8, 4) is 16.9 Å². The molecule has 3 heteroatoms. The summed E-state index contributed by atoms with van der Waals surface area (Å²) in [5.74, 6) is 0.831. The molecule has 0 amide bonds. The molecule has 0 spiro atoms. The first-order valence-corrected chi connectivity index (χ1v) is 5.55. The van der Waals surface area contributed by atoms with Crippen LogP contribution in [0.1, 0.15) is 5.69 Å². The van der Waals surface area contributed by atoms with Crippen molar-refractivity contribution in [2.75, 3.05) is 7.11 Å². The number of methoxy groups -OCH3 is 1. The molecule has 0 N–H and O–H groups in total. The highest BCUT2D eigenvalue weighted by atomic mass is 35.5. The van der Waals surface area contributed by atoms with Crippen molar-refractivity contribution in [3.05, 3.63) is 53.8 Å². The number of nitrogens with zero attached hydrogens (tertiary/aromatic N) is 1. The van der Waals surface area contributed by atoms with Gasteiger partial charge in [0.15, 0.2) is 0 Å². The number of rotatable bonds is 3. The van der Waals surface area contributed by atoms with E-state index in [1.807, 2.05) is 36.4 Å². The lowest BCUT2D eigenvalue weighted by atomic mass is 10.1. The Morgan fingerprint density at radius 2 is 1.88 bits per heavy atom. The molecule has 0 atom stereocenters. The second-order valence-electron chi connectivity index (χ2n) is 3.54. The van der Waals surface area contributed by atoms with E-state index in [1.54, 1.807) is 13.2 Å². The van der Waals surface area contributed by atoms with E-state index in [2.05, 4.69) is 11.6 Å². The van der Waals surface area contributed by atoms with Crippen LogP contribution in [0.2, 0.25) is 5.15 Å². The van der Waals surface area contributed by atoms with Crippen molar-refractivity contribution in [1.82, 2.24) is 4.98 Å². The molecular formula is C14H12ClNO. The molecule has 0 fully saturated rings. The quantitative estimate of drug-likeness (QED) is 0.761. The Bertz CT molecular complexity index is 534. The SMILES string of the molecule is C=Cc1cc(-c2ccc(OC)cc2)cc(Cl)n1. The minimum atomic E-state index is 0.466. The summed E-state index contributed by atoms with van der Waals surface area (Å²) >= 11 is 5.95. The van der Waals surface area contributed by atoms with Crippen LogP contribution in [0.4, 0.5) is 0 Å². The summed E-state index contributed by atoms with van der Waals surface area (Å²) in [6.07, 6.45) is 1.68. The van der Waals surface area contributed by atoms with Crippen molar-refractivity contribution < 1.29 is 4.74 Å². The van der Waals surface area contributed by atoms with Gasteiger partial charge >= 0.3 is 0 Å². The van der Waals surface area contributed by atoms with Crippen molar-refractivity contribution in [2.24, 2.45) is 0 Å². The lowest BCUT2D eigenvalue weighted by molar-refractivity contribution is 0.415. The minimum absolute atomic E-state index is 0.466. The normalized spacial score (nSPS) is 10.0. The van der Waals surface area contributed by atoms with Gasteiger partial charge in [0.25, 0.3) is 0 Å². The zero-order chi connectivity index (χ0) is 12.3. The zero-order valence-corrected chi connectivity index (χ0v) is 10.2. The average Bonchev–Trinajstić information content (AvgIpc) is 2.38. The summed E-state index contributed by atoms with van der Waals surface area (Å²) in [5, 5.41) is 0.466. The van der Waals surface area contributed by atoms with Crippen molar-refractivity contribution in [1.29, 1.82) is 0 Å². The Morgan fingerprint density at radius 1 is 1.18 bits per heavy atom. The van der Waals surface area contributed by atoms with E-state index in [0.717, 1.165) is 22.6 Å². The van der Waals surface area contributed by atoms with Crippen molar-refractivity contribution in [3.63, 3.8) is 0 Å². The predicted octanol–water partition coefficient (Wildman–Crippen LogP) is 4.05. The maximum absolute atomic E-state index is 5.95. The van der Waals surface area contributed by atoms with E-state index in [9.17, 15) is 0 Å². The predicted molar refractivity (Wildman–Crippen MR) is 71.3 cm³/mol. The fraction of sp³-hybridized carbons (Fsp3) is 0.0714. The molecule has 0 bridgehead atoms. The summed E-state index contributed by atoms with van der Waals surface area (Å²) in [6, 6.07) is 11.6. The molecule has 2 rings (SSSR count). The van der Waals surface area contributed by atoms with Gasteiger partial charge in [-0.1, -0.05) is 30.3 Å². The number of benzene rings is 1. The van der Waals surface area contributed by atoms with Crippen LogP contribution < -0.4 is 4.74 Å². The van der Waals surface area contributed by atoms with E-state index in [0.29, 0.717) is 5.15 Å². The van der Waals surface area contributed by atoms with Gasteiger partial charge in [-0.2, -0.15) is 0 Å². The number of hydrogen-bond donors (Lipinski definition) is 0. The highest BCUT2D eigenvalue weighted by molar-refractivity contribution is 6.29. The van der Waals surface area contributed by atoms with Crippen LogP contribution >= 0.6 is 11.6 Å². The fourth-order valence-electron chi connectivity index (χ4n) is 1.57. The first-order valence-electron chi connectivity index (χ1n) is 5.17. The van der Waals surface area contributed by atoms with Crippen LogP contribution in [0.25, 0.3) is 17.2 Å². The van der Waals surface area contributed by atoms with Crippen LogP contribution in [-0.2, 0) is 0 Å². The summed E-state index contributed by atoms with van der Waals surface area (Å²) in [5.41, 5.74) is 2.85. The molecular weight excluding hydrogens is 234 g/mol. The van der Waals surface area contributed by atoms with E-state index in [-0.39, 0.29) is 0 Å². The molecule has 0 saturated carbocycles. The molecule has 0 aliphatic heterocycles.